The summed E-state index contributed by atoms with van der Waals surface area (Å²) in [5, 5.41) is 14.9. The second-order valence-corrected chi connectivity index (χ2v) is 5.39. The monoisotopic (exact) mass is 275 g/mol. The van der Waals surface area contributed by atoms with Crippen LogP contribution in [0, 0.1) is 19.8 Å². The van der Waals surface area contributed by atoms with Gasteiger partial charge in [0.2, 0.25) is 0 Å². The number of hydrogen-bond donors (Lipinski definition) is 3. The molecule has 0 heterocycles. The van der Waals surface area contributed by atoms with Crippen molar-refractivity contribution >= 4 is 11.7 Å². The van der Waals surface area contributed by atoms with Gasteiger partial charge >= 0.3 is 0 Å². The first kappa shape index (κ1) is 14.4. The standard InChI is InChI=1S/C15H21N3O2/c1-9-5-3-6-11(10(9)2)15(19)17-13-8-4-7-12(13)14(16)18-20/h3,5-6,12-13,20H,4,7-8H2,1-2H3,(H2,16,18)(H,17,19). The highest BCUT2D eigenvalue weighted by Crippen LogP contribution is 2.26. The second kappa shape index (κ2) is 5.94. The van der Waals surface area contributed by atoms with E-state index in [0.29, 0.717) is 5.56 Å². The lowest BCUT2D eigenvalue weighted by molar-refractivity contribution is 0.0932. The molecule has 1 aromatic rings. The van der Waals surface area contributed by atoms with Gasteiger partial charge in [-0.05, 0) is 43.9 Å². The Morgan fingerprint density at radius 2 is 2.15 bits per heavy atom. The van der Waals surface area contributed by atoms with Crippen molar-refractivity contribution in [3.63, 3.8) is 0 Å². The van der Waals surface area contributed by atoms with Crippen LogP contribution in [0.5, 0.6) is 0 Å². The van der Waals surface area contributed by atoms with Gasteiger partial charge in [-0.15, -0.1) is 0 Å². The maximum Gasteiger partial charge on any atom is 0.251 e. The average molecular weight is 275 g/mol. The number of hydrogen-bond acceptors (Lipinski definition) is 3. The maximum absolute atomic E-state index is 12.4. The zero-order chi connectivity index (χ0) is 14.7. The van der Waals surface area contributed by atoms with Crippen molar-refractivity contribution in [2.24, 2.45) is 16.8 Å². The highest BCUT2D eigenvalue weighted by molar-refractivity contribution is 5.96. The van der Waals surface area contributed by atoms with E-state index < -0.39 is 0 Å². The lowest BCUT2D eigenvalue weighted by atomic mass is 10.00. The van der Waals surface area contributed by atoms with Gasteiger partial charge in [-0.2, -0.15) is 0 Å². The number of rotatable bonds is 3. The molecule has 0 bridgehead atoms. The summed E-state index contributed by atoms with van der Waals surface area (Å²) in [4.78, 5) is 12.4. The molecule has 2 unspecified atom stereocenters. The van der Waals surface area contributed by atoms with Crippen molar-refractivity contribution in [1.82, 2.24) is 5.32 Å². The largest absolute Gasteiger partial charge is 0.409 e. The van der Waals surface area contributed by atoms with Crippen LogP contribution in [0.3, 0.4) is 0 Å². The number of carbonyl (C=O) groups is 1. The molecular weight excluding hydrogens is 254 g/mol. The minimum absolute atomic E-state index is 0.0571. The molecule has 0 saturated heterocycles. The summed E-state index contributed by atoms with van der Waals surface area (Å²) in [5.41, 5.74) is 8.46. The van der Waals surface area contributed by atoms with Crippen molar-refractivity contribution in [3.05, 3.63) is 34.9 Å². The van der Waals surface area contributed by atoms with Crippen LogP contribution in [0.1, 0.15) is 40.7 Å². The summed E-state index contributed by atoms with van der Waals surface area (Å²) >= 11 is 0. The summed E-state index contributed by atoms with van der Waals surface area (Å²) < 4.78 is 0. The van der Waals surface area contributed by atoms with E-state index >= 15 is 0 Å². The molecule has 2 rings (SSSR count). The number of nitrogens with zero attached hydrogens (tertiary/aromatic N) is 1. The van der Waals surface area contributed by atoms with Gasteiger partial charge in [-0.3, -0.25) is 4.79 Å². The Labute approximate surface area is 118 Å². The van der Waals surface area contributed by atoms with Crippen LogP contribution in [-0.2, 0) is 0 Å². The zero-order valence-corrected chi connectivity index (χ0v) is 11.9. The van der Waals surface area contributed by atoms with Gasteiger partial charge in [0, 0.05) is 17.5 Å². The number of oxime groups is 1. The van der Waals surface area contributed by atoms with E-state index in [2.05, 4.69) is 10.5 Å². The molecule has 0 aromatic heterocycles. The van der Waals surface area contributed by atoms with Crippen LogP contribution in [0.2, 0.25) is 0 Å². The van der Waals surface area contributed by atoms with Crippen molar-refractivity contribution in [2.75, 3.05) is 0 Å². The Hall–Kier alpha value is -2.04. The summed E-state index contributed by atoms with van der Waals surface area (Å²) in [6.45, 7) is 3.93. The molecule has 0 aliphatic heterocycles. The fourth-order valence-corrected chi connectivity index (χ4v) is 2.80. The Kier molecular flexibility index (Phi) is 4.27. The maximum atomic E-state index is 12.4. The highest BCUT2D eigenvalue weighted by atomic mass is 16.4. The van der Waals surface area contributed by atoms with Gasteiger partial charge in [0.1, 0.15) is 5.84 Å². The molecule has 1 aliphatic carbocycles. The van der Waals surface area contributed by atoms with Crippen LogP contribution < -0.4 is 11.1 Å². The van der Waals surface area contributed by atoms with Gasteiger partial charge in [0.15, 0.2) is 0 Å². The topological polar surface area (TPSA) is 87.7 Å². The van der Waals surface area contributed by atoms with E-state index in [0.717, 1.165) is 30.4 Å². The van der Waals surface area contributed by atoms with Crippen LogP contribution in [0.4, 0.5) is 0 Å². The van der Waals surface area contributed by atoms with Crippen LogP contribution >= 0.6 is 0 Å². The van der Waals surface area contributed by atoms with E-state index in [9.17, 15) is 4.79 Å². The SMILES string of the molecule is Cc1cccc(C(=O)NC2CCCC2C(N)=NO)c1C. The predicted octanol–water partition coefficient (Wildman–Crippen LogP) is 1.95. The van der Waals surface area contributed by atoms with Gasteiger partial charge in [-0.1, -0.05) is 23.7 Å². The Balaban J connectivity index is 2.13. The number of carbonyl (C=O) groups excluding carboxylic acids is 1. The number of nitrogens with two attached hydrogens (primary N) is 1. The average Bonchev–Trinajstić information content (AvgIpc) is 2.89. The number of amidine groups is 1. The van der Waals surface area contributed by atoms with Crippen molar-refractivity contribution in [3.8, 4) is 0 Å². The predicted molar refractivity (Wildman–Crippen MR) is 77.9 cm³/mol. The molecular formula is C15H21N3O2. The summed E-state index contributed by atoms with van der Waals surface area (Å²) in [6.07, 6.45) is 2.67. The molecule has 5 nitrogen and oxygen atoms in total. The minimum atomic E-state index is -0.0890. The molecule has 1 aromatic carbocycles. The summed E-state index contributed by atoms with van der Waals surface area (Å²) in [6, 6.07) is 5.64. The lowest BCUT2D eigenvalue weighted by Crippen LogP contribution is -2.42. The molecule has 4 N–H and O–H groups in total. The van der Waals surface area contributed by atoms with E-state index in [1.807, 2.05) is 32.0 Å². The Morgan fingerprint density at radius 1 is 1.40 bits per heavy atom. The van der Waals surface area contributed by atoms with Crippen LogP contribution in [0.15, 0.2) is 23.4 Å². The third kappa shape index (κ3) is 2.76. The quantitative estimate of drug-likeness (QED) is 0.341. The van der Waals surface area contributed by atoms with E-state index in [-0.39, 0.29) is 23.7 Å². The van der Waals surface area contributed by atoms with Crippen LogP contribution in [-0.4, -0.2) is 23.0 Å². The number of amides is 1. The third-order valence-electron chi connectivity index (χ3n) is 4.18. The van der Waals surface area contributed by atoms with Gasteiger partial charge in [0.25, 0.3) is 5.91 Å². The van der Waals surface area contributed by atoms with E-state index in [4.69, 9.17) is 10.9 Å². The fourth-order valence-electron chi connectivity index (χ4n) is 2.80. The molecule has 2 atom stereocenters. The van der Waals surface area contributed by atoms with Crippen molar-refractivity contribution < 1.29 is 10.0 Å². The van der Waals surface area contributed by atoms with E-state index in [1.54, 1.807) is 0 Å². The minimum Gasteiger partial charge on any atom is -0.409 e. The van der Waals surface area contributed by atoms with Crippen molar-refractivity contribution in [1.29, 1.82) is 0 Å². The first-order chi connectivity index (χ1) is 9.54. The highest BCUT2D eigenvalue weighted by Gasteiger charge is 2.32. The summed E-state index contributed by atoms with van der Waals surface area (Å²) in [5.74, 6) is 0.0386. The molecule has 0 spiro atoms. The smallest absolute Gasteiger partial charge is 0.251 e. The fraction of sp³-hybridized carbons (Fsp3) is 0.467. The molecule has 1 saturated carbocycles. The Bertz CT molecular complexity index is 540. The molecule has 1 fully saturated rings. The molecule has 5 heteroatoms. The van der Waals surface area contributed by atoms with Gasteiger partial charge in [0.05, 0.1) is 0 Å². The second-order valence-electron chi connectivity index (χ2n) is 5.39. The van der Waals surface area contributed by atoms with Gasteiger partial charge < -0.3 is 16.3 Å². The first-order valence-corrected chi connectivity index (χ1v) is 6.89. The molecule has 0 radical (unpaired) electrons. The number of nitrogens with one attached hydrogen (secondary N) is 1. The van der Waals surface area contributed by atoms with Crippen LogP contribution in [0.25, 0.3) is 0 Å². The zero-order valence-electron chi connectivity index (χ0n) is 11.9. The van der Waals surface area contributed by atoms with E-state index in [1.165, 1.54) is 0 Å². The first-order valence-electron chi connectivity index (χ1n) is 6.89. The molecule has 1 aliphatic rings. The molecule has 108 valence electrons. The number of benzene rings is 1. The number of aryl methyl sites for hydroxylation is 1. The normalized spacial score (nSPS) is 22.8. The lowest BCUT2D eigenvalue weighted by Gasteiger charge is -2.20. The summed E-state index contributed by atoms with van der Waals surface area (Å²) in [7, 11) is 0. The molecule has 1 amide bonds. The van der Waals surface area contributed by atoms with Crippen molar-refractivity contribution in [2.45, 2.75) is 39.2 Å². The third-order valence-corrected chi connectivity index (χ3v) is 4.18. The molecule has 20 heavy (non-hydrogen) atoms. The Morgan fingerprint density at radius 3 is 2.85 bits per heavy atom. The van der Waals surface area contributed by atoms with Gasteiger partial charge in [-0.25, -0.2) is 0 Å².